The highest BCUT2D eigenvalue weighted by Gasteiger charge is 2.06. The molecule has 26 heavy (non-hydrogen) atoms. The minimum absolute atomic E-state index is 0.552. The third-order valence-corrected chi connectivity index (χ3v) is 3.99. The van der Waals surface area contributed by atoms with Gasteiger partial charge in [-0.05, 0) is 31.0 Å². The molecule has 0 spiro atoms. The van der Waals surface area contributed by atoms with E-state index in [9.17, 15) is 0 Å². The molecule has 0 aliphatic rings. The molecule has 0 bridgehead atoms. The topological polar surface area (TPSA) is 85.6 Å². The zero-order chi connectivity index (χ0) is 18.8. The SMILES string of the molecule is COCCCNC(=NCc1ccc(OC)cc1)NCc1nnc(C)n1C. The highest BCUT2D eigenvalue weighted by molar-refractivity contribution is 5.79. The first-order valence-corrected chi connectivity index (χ1v) is 8.63. The van der Waals surface area contributed by atoms with Crippen molar-refractivity contribution in [3.05, 3.63) is 41.5 Å². The Morgan fingerprint density at radius 3 is 2.54 bits per heavy atom. The molecule has 0 atom stereocenters. The van der Waals surface area contributed by atoms with Gasteiger partial charge in [-0.15, -0.1) is 10.2 Å². The summed E-state index contributed by atoms with van der Waals surface area (Å²) in [7, 11) is 5.31. The van der Waals surface area contributed by atoms with E-state index in [1.807, 2.05) is 42.8 Å². The lowest BCUT2D eigenvalue weighted by Crippen LogP contribution is -2.38. The number of hydrogen-bond donors (Lipinski definition) is 2. The van der Waals surface area contributed by atoms with Crippen LogP contribution in [0.2, 0.25) is 0 Å². The van der Waals surface area contributed by atoms with E-state index in [-0.39, 0.29) is 0 Å². The zero-order valence-electron chi connectivity index (χ0n) is 16.0. The van der Waals surface area contributed by atoms with Gasteiger partial charge in [0.05, 0.1) is 20.2 Å². The van der Waals surface area contributed by atoms with Gasteiger partial charge < -0.3 is 24.7 Å². The molecule has 1 heterocycles. The van der Waals surface area contributed by atoms with Crippen molar-refractivity contribution in [1.82, 2.24) is 25.4 Å². The number of hydrogen-bond acceptors (Lipinski definition) is 5. The van der Waals surface area contributed by atoms with E-state index in [1.54, 1.807) is 14.2 Å². The highest BCUT2D eigenvalue weighted by Crippen LogP contribution is 2.11. The van der Waals surface area contributed by atoms with Crippen molar-refractivity contribution in [3.8, 4) is 5.75 Å². The van der Waals surface area contributed by atoms with Crippen LogP contribution in [-0.4, -0.2) is 48.1 Å². The van der Waals surface area contributed by atoms with E-state index in [0.717, 1.165) is 41.9 Å². The first-order valence-electron chi connectivity index (χ1n) is 8.63. The van der Waals surface area contributed by atoms with E-state index in [1.165, 1.54) is 0 Å². The quantitative estimate of drug-likeness (QED) is 0.399. The zero-order valence-corrected chi connectivity index (χ0v) is 16.0. The largest absolute Gasteiger partial charge is 0.497 e. The second-order valence-electron chi connectivity index (χ2n) is 5.86. The molecule has 2 rings (SSSR count). The van der Waals surface area contributed by atoms with Crippen molar-refractivity contribution in [3.63, 3.8) is 0 Å². The Morgan fingerprint density at radius 1 is 1.15 bits per heavy atom. The molecule has 0 aliphatic heterocycles. The van der Waals surface area contributed by atoms with Crippen molar-refractivity contribution in [2.45, 2.75) is 26.4 Å². The van der Waals surface area contributed by atoms with Gasteiger partial charge in [-0.25, -0.2) is 4.99 Å². The van der Waals surface area contributed by atoms with E-state index in [2.05, 4.69) is 25.8 Å². The first kappa shape index (κ1) is 19.7. The number of methoxy groups -OCH3 is 2. The van der Waals surface area contributed by atoms with Crippen LogP contribution in [0, 0.1) is 6.92 Å². The van der Waals surface area contributed by atoms with E-state index in [0.29, 0.717) is 19.7 Å². The second kappa shape index (κ2) is 10.4. The molecule has 0 amide bonds. The molecule has 2 N–H and O–H groups in total. The molecule has 2 aromatic rings. The lowest BCUT2D eigenvalue weighted by atomic mass is 10.2. The Kier molecular flexibility index (Phi) is 7.88. The average Bonchev–Trinajstić information content (AvgIpc) is 2.99. The molecule has 0 fully saturated rings. The smallest absolute Gasteiger partial charge is 0.191 e. The van der Waals surface area contributed by atoms with Crippen LogP contribution in [0.25, 0.3) is 0 Å². The van der Waals surface area contributed by atoms with Gasteiger partial charge in [0.2, 0.25) is 0 Å². The third kappa shape index (κ3) is 6.03. The third-order valence-electron chi connectivity index (χ3n) is 3.99. The molecule has 0 unspecified atom stereocenters. The summed E-state index contributed by atoms with van der Waals surface area (Å²) in [5.74, 6) is 3.31. The van der Waals surface area contributed by atoms with Crippen molar-refractivity contribution in [2.24, 2.45) is 12.0 Å². The summed E-state index contributed by atoms with van der Waals surface area (Å²) in [5, 5.41) is 14.9. The predicted molar refractivity (Wildman–Crippen MR) is 101 cm³/mol. The molecular formula is C18H28N6O2. The number of ether oxygens (including phenoxy) is 2. The molecule has 1 aromatic carbocycles. The average molecular weight is 360 g/mol. The summed E-state index contributed by atoms with van der Waals surface area (Å²) in [6.45, 7) is 4.54. The Morgan fingerprint density at radius 2 is 1.92 bits per heavy atom. The van der Waals surface area contributed by atoms with E-state index >= 15 is 0 Å². The molecule has 0 radical (unpaired) electrons. The fourth-order valence-corrected chi connectivity index (χ4v) is 2.27. The number of guanidine groups is 1. The summed E-state index contributed by atoms with van der Waals surface area (Å²) in [5.41, 5.74) is 1.11. The Labute approximate surface area is 154 Å². The molecular weight excluding hydrogens is 332 g/mol. The van der Waals surface area contributed by atoms with E-state index in [4.69, 9.17) is 9.47 Å². The fraction of sp³-hybridized carbons (Fsp3) is 0.500. The van der Waals surface area contributed by atoms with Crippen molar-refractivity contribution in [1.29, 1.82) is 0 Å². The second-order valence-corrected chi connectivity index (χ2v) is 5.86. The number of benzene rings is 1. The van der Waals surface area contributed by atoms with Crippen LogP contribution in [0.5, 0.6) is 5.75 Å². The van der Waals surface area contributed by atoms with Gasteiger partial charge in [-0.1, -0.05) is 12.1 Å². The standard InChI is InChI=1S/C18H28N6O2/c1-14-22-23-17(24(14)2)13-21-18(19-10-5-11-25-3)20-12-15-6-8-16(26-4)9-7-15/h6-9H,5,10-13H2,1-4H3,(H2,19,20,21). The predicted octanol–water partition coefficient (Wildman–Crippen LogP) is 1.40. The monoisotopic (exact) mass is 360 g/mol. The minimum atomic E-state index is 0.552. The van der Waals surface area contributed by atoms with Gasteiger partial charge >= 0.3 is 0 Å². The fourth-order valence-electron chi connectivity index (χ4n) is 2.27. The number of rotatable bonds is 9. The number of nitrogens with one attached hydrogen (secondary N) is 2. The number of aromatic nitrogens is 3. The highest BCUT2D eigenvalue weighted by atomic mass is 16.5. The van der Waals surface area contributed by atoms with Gasteiger partial charge in [0.25, 0.3) is 0 Å². The van der Waals surface area contributed by atoms with Crippen LogP contribution < -0.4 is 15.4 Å². The minimum Gasteiger partial charge on any atom is -0.497 e. The van der Waals surface area contributed by atoms with Gasteiger partial charge in [-0.2, -0.15) is 0 Å². The summed E-state index contributed by atoms with van der Waals surface area (Å²) < 4.78 is 12.2. The summed E-state index contributed by atoms with van der Waals surface area (Å²) in [6.07, 6.45) is 0.906. The molecule has 8 heteroatoms. The van der Waals surface area contributed by atoms with Crippen LogP contribution in [0.4, 0.5) is 0 Å². The molecule has 0 aliphatic carbocycles. The molecule has 0 saturated carbocycles. The number of nitrogens with zero attached hydrogens (tertiary/aromatic N) is 4. The molecule has 0 saturated heterocycles. The van der Waals surface area contributed by atoms with Gasteiger partial charge in [0.1, 0.15) is 11.6 Å². The lowest BCUT2D eigenvalue weighted by Gasteiger charge is -2.12. The maximum absolute atomic E-state index is 5.18. The summed E-state index contributed by atoms with van der Waals surface area (Å²) in [4.78, 5) is 4.65. The van der Waals surface area contributed by atoms with Crippen LogP contribution in [-0.2, 0) is 24.9 Å². The lowest BCUT2D eigenvalue weighted by molar-refractivity contribution is 0.195. The summed E-state index contributed by atoms with van der Waals surface area (Å²) in [6, 6.07) is 7.90. The maximum atomic E-state index is 5.18. The van der Waals surface area contributed by atoms with E-state index < -0.39 is 0 Å². The van der Waals surface area contributed by atoms with Crippen molar-refractivity contribution < 1.29 is 9.47 Å². The van der Waals surface area contributed by atoms with Gasteiger partial charge in [-0.3, -0.25) is 0 Å². The molecule has 1 aromatic heterocycles. The van der Waals surface area contributed by atoms with Crippen molar-refractivity contribution >= 4 is 5.96 Å². The molecule has 8 nitrogen and oxygen atoms in total. The maximum Gasteiger partial charge on any atom is 0.191 e. The first-order chi connectivity index (χ1) is 12.6. The van der Waals surface area contributed by atoms with Crippen LogP contribution in [0.15, 0.2) is 29.3 Å². The Hall–Kier alpha value is -2.61. The van der Waals surface area contributed by atoms with Crippen LogP contribution in [0.1, 0.15) is 23.6 Å². The number of aliphatic imine (C=N–C) groups is 1. The van der Waals surface area contributed by atoms with Gasteiger partial charge in [0.15, 0.2) is 11.8 Å². The molecule has 142 valence electrons. The van der Waals surface area contributed by atoms with Crippen LogP contribution >= 0.6 is 0 Å². The number of aryl methyl sites for hydroxylation is 1. The van der Waals surface area contributed by atoms with Crippen LogP contribution in [0.3, 0.4) is 0 Å². The Bertz CT molecular complexity index is 696. The summed E-state index contributed by atoms with van der Waals surface area (Å²) >= 11 is 0. The van der Waals surface area contributed by atoms with Crippen molar-refractivity contribution in [2.75, 3.05) is 27.4 Å². The normalized spacial score (nSPS) is 11.5. The Balaban J connectivity index is 1.97. The van der Waals surface area contributed by atoms with Gasteiger partial charge in [0, 0.05) is 27.3 Å².